The van der Waals surface area contributed by atoms with E-state index in [4.69, 9.17) is 39.8 Å². The molecule has 2 aliphatic heterocycles. The summed E-state index contributed by atoms with van der Waals surface area (Å²) in [5, 5.41) is 12.1. The van der Waals surface area contributed by atoms with E-state index in [1.165, 1.54) is 10.7 Å². The number of H-pyrrole nitrogens is 1. The van der Waals surface area contributed by atoms with Gasteiger partial charge >= 0.3 is 0 Å². The Morgan fingerprint density at radius 2 is 1.88 bits per heavy atom. The standard InChI is InChI=1S/C28H21Cl3N8O2/c1-13-8-23-33-19(17-9-14(29)2-6-21(17)38-12-22(30)36-37-38)10-25(41)39(23)27(13)28-32-11-20(35-28)16-3-5-18-15(26(16)31)4-7-24(40)34-18/h2-3,5-6,9-13,27H,4,7-8H2,1H3,(H,32,35)(H,34,40)/t13-,27-/m0/s1. The number of aromatic amines is 1. The van der Waals surface area contributed by atoms with Crippen molar-refractivity contribution in [1.29, 1.82) is 0 Å². The first-order valence-electron chi connectivity index (χ1n) is 12.9. The zero-order valence-electron chi connectivity index (χ0n) is 21.5. The molecule has 0 spiro atoms. The van der Waals surface area contributed by atoms with Gasteiger partial charge in [-0.1, -0.05) is 46.9 Å². The minimum Gasteiger partial charge on any atom is -0.340 e. The Hall–Kier alpha value is -3.99. The highest BCUT2D eigenvalue weighted by Gasteiger charge is 2.35. The predicted molar refractivity (Wildman–Crippen MR) is 156 cm³/mol. The molecular weight excluding hydrogens is 587 g/mol. The molecule has 41 heavy (non-hydrogen) atoms. The number of halogens is 3. The number of fused-ring (bicyclic) bond motifs is 2. The van der Waals surface area contributed by atoms with Gasteiger partial charge in [-0.05, 0) is 48.2 Å². The smallest absolute Gasteiger partial charge is 0.254 e. The maximum Gasteiger partial charge on any atom is 0.254 e. The third kappa shape index (κ3) is 4.43. The molecule has 2 atom stereocenters. The van der Waals surface area contributed by atoms with Crippen molar-refractivity contribution in [2.45, 2.75) is 32.2 Å². The van der Waals surface area contributed by atoms with Crippen LogP contribution in [0.3, 0.4) is 0 Å². The van der Waals surface area contributed by atoms with E-state index in [2.05, 4.69) is 32.5 Å². The zero-order valence-corrected chi connectivity index (χ0v) is 23.8. The lowest BCUT2D eigenvalue weighted by atomic mass is 9.99. The van der Waals surface area contributed by atoms with E-state index in [0.717, 1.165) is 22.5 Å². The van der Waals surface area contributed by atoms with Gasteiger partial charge in [0, 0.05) is 40.7 Å². The number of nitrogens with zero attached hydrogens (tertiary/aromatic N) is 6. The van der Waals surface area contributed by atoms with Gasteiger partial charge in [0.25, 0.3) is 5.56 Å². The van der Waals surface area contributed by atoms with E-state index in [1.807, 2.05) is 12.1 Å². The van der Waals surface area contributed by atoms with Crippen LogP contribution < -0.4 is 10.9 Å². The number of benzene rings is 2. The van der Waals surface area contributed by atoms with Crippen LogP contribution in [0.2, 0.25) is 15.2 Å². The summed E-state index contributed by atoms with van der Waals surface area (Å²) in [6, 6.07) is 10.1. The molecule has 0 radical (unpaired) electrons. The number of hydrogen-bond acceptors (Lipinski definition) is 6. The Balaban J connectivity index is 1.26. The summed E-state index contributed by atoms with van der Waals surface area (Å²) in [6.45, 7) is 2.07. The molecule has 0 unspecified atom stereocenters. The number of amides is 1. The van der Waals surface area contributed by atoms with Gasteiger partial charge in [0.05, 0.1) is 40.5 Å². The lowest BCUT2D eigenvalue weighted by Crippen LogP contribution is -2.26. The summed E-state index contributed by atoms with van der Waals surface area (Å²) in [6.07, 6.45) is 4.84. The quantitative estimate of drug-likeness (QED) is 0.278. The molecule has 0 fully saturated rings. The fourth-order valence-corrected chi connectivity index (χ4v) is 6.36. The van der Waals surface area contributed by atoms with Crippen LogP contribution in [0.1, 0.15) is 36.6 Å². The van der Waals surface area contributed by atoms with E-state index in [9.17, 15) is 9.59 Å². The summed E-state index contributed by atoms with van der Waals surface area (Å²) in [4.78, 5) is 38.3. The lowest BCUT2D eigenvalue weighted by Gasteiger charge is -2.19. The van der Waals surface area contributed by atoms with Crippen molar-refractivity contribution in [1.82, 2.24) is 34.5 Å². The number of carbonyl (C=O) groups excluding carboxylic acids is 1. The molecule has 0 aliphatic carbocycles. The summed E-state index contributed by atoms with van der Waals surface area (Å²) in [5.41, 5.74) is 4.71. The SMILES string of the molecule is C[C@H]1Cc2nc(-c3cc(Cl)ccc3-n3cc(Cl)nn3)cc(=O)n2[C@@H]1c1ncc(-c2ccc3c(c2Cl)CCC(=O)N3)[nH]1. The fraction of sp³-hybridized carbons (Fsp3) is 0.214. The van der Waals surface area contributed by atoms with Gasteiger partial charge in [0.1, 0.15) is 11.6 Å². The molecule has 5 aromatic rings. The Morgan fingerprint density at radius 1 is 1.02 bits per heavy atom. The largest absolute Gasteiger partial charge is 0.340 e. The molecular formula is C28H21Cl3N8O2. The zero-order chi connectivity index (χ0) is 28.4. The van der Waals surface area contributed by atoms with Crippen LogP contribution in [0.25, 0.3) is 28.2 Å². The van der Waals surface area contributed by atoms with Crippen molar-refractivity contribution >= 4 is 46.4 Å². The average molecular weight is 608 g/mol. The third-order valence-electron chi connectivity index (χ3n) is 7.58. The van der Waals surface area contributed by atoms with Gasteiger partial charge in [-0.3, -0.25) is 14.2 Å². The summed E-state index contributed by atoms with van der Waals surface area (Å²) < 4.78 is 3.22. The van der Waals surface area contributed by atoms with Crippen LogP contribution in [0.15, 0.2) is 53.6 Å². The molecule has 2 N–H and O–H groups in total. The number of rotatable bonds is 4. The molecule has 7 rings (SSSR count). The fourth-order valence-electron chi connectivity index (χ4n) is 5.70. The number of aromatic nitrogens is 7. The maximum absolute atomic E-state index is 13.6. The molecule has 5 heterocycles. The van der Waals surface area contributed by atoms with Gasteiger partial charge in [-0.15, -0.1) is 5.10 Å². The monoisotopic (exact) mass is 606 g/mol. The predicted octanol–water partition coefficient (Wildman–Crippen LogP) is 5.51. The molecule has 10 nitrogen and oxygen atoms in total. The van der Waals surface area contributed by atoms with E-state index in [0.29, 0.717) is 57.9 Å². The highest BCUT2D eigenvalue weighted by Crippen LogP contribution is 2.39. The van der Waals surface area contributed by atoms with Crippen LogP contribution in [-0.2, 0) is 17.6 Å². The van der Waals surface area contributed by atoms with Gasteiger partial charge in [-0.2, -0.15) is 0 Å². The van der Waals surface area contributed by atoms with Crippen molar-refractivity contribution in [2.75, 3.05) is 5.32 Å². The second-order valence-corrected chi connectivity index (χ2v) is 11.4. The number of anilines is 1. The molecule has 206 valence electrons. The Kier molecular flexibility index (Phi) is 6.22. The molecule has 3 aromatic heterocycles. The molecule has 13 heteroatoms. The Labute approximate surface area is 248 Å². The first kappa shape index (κ1) is 25.9. The van der Waals surface area contributed by atoms with Gasteiger partial charge in [0.15, 0.2) is 5.15 Å². The topological polar surface area (TPSA) is 123 Å². The van der Waals surface area contributed by atoms with Gasteiger partial charge in [-0.25, -0.2) is 14.6 Å². The summed E-state index contributed by atoms with van der Waals surface area (Å²) >= 11 is 19.1. The first-order chi connectivity index (χ1) is 19.8. The molecule has 0 saturated heterocycles. The lowest BCUT2D eigenvalue weighted by molar-refractivity contribution is -0.116. The van der Waals surface area contributed by atoms with Crippen molar-refractivity contribution in [3.05, 3.63) is 91.6 Å². The van der Waals surface area contributed by atoms with E-state index in [1.54, 1.807) is 35.2 Å². The van der Waals surface area contributed by atoms with Crippen molar-refractivity contribution in [3.63, 3.8) is 0 Å². The molecule has 2 aliphatic rings. The van der Waals surface area contributed by atoms with E-state index >= 15 is 0 Å². The normalized spacial score (nSPS) is 17.8. The van der Waals surface area contributed by atoms with Crippen molar-refractivity contribution < 1.29 is 4.79 Å². The van der Waals surface area contributed by atoms with Crippen LogP contribution in [0.4, 0.5) is 5.69 Å². The van der Waals surface area contributed by atoms with Crippen molar-refractivity contribution in [2.24, 2.45) is 5.92 Å². The van der Waals surface area contributed by atoms with Crippen molar-refractivity contribution in [3.8, 4) is 28.2 Å². The average Bonchev–Trinajstić information content (AvgIpc) is 3.67. The van der Waals surface area contributed by atoms with Crippen LogP contribution in [0.5, 0.6) is 0 Å². The Morgan fingerprint density at radius 3 is 2.68 bits per heavy atom. The second kappa shape index (κ2) is 9.83. The van der Waals surface area contributed by atoms with Crippen LogP contribution in [-0.4, -0.2) is 40.4 Å². The first-order valence-corrected chi connectivity index (χ1v) is 14.1. The van der Waals surface area contributed by atoms with Gasteiger partial charge < -0.3 is 10.3 Å². The van der Waals surface area contributed by atoms with E-state index < -0.39 is 0 Å². The number of hydrogen-bond donors (Lipinski definition) is 2. The van der Waals surface area contributed by atoms with Crippen LogP contribution >= 0.6 is 34.8 Å². The minimum atomic E-state index is -0.337. The maximum atomic E-state index is 13.6. The molecule has 2 aromatic carbocycles. The van der Waals surface area contributed by atoms with Gasteiger partial charge in [0.2, 0.25) is 5.91 Å². The second-order valence-electron chi connectivity index (χ2n) is 10.2. The summed E-state index contributed by atoms with van der Waals surface area (Å²) in [7, 11) is 0. The highest BCUT2D eigenvalue weighted by atomic mass is 35.5. The third-order valence-corrected chi connectivity index (χ3v) is 8.42. The summed E-state index contributed by atoms with van der Waals surface area (Å²) in [5.74, 6) is 1.32. The minimum absolute atomic E-state index is 0.0179. The van der Waals surface area contributed by atoms with Crippen LogP contribution in [0, 0.1) is 5.92 Å². The highest BCUT2D eigenvalue weighted by molar-refractivity contribution is 6.34. The number of nitrogens with one attached hydrogen (secondary N) is 2. The Bertz CT molecular complexity index is 1930. The number of imidazole rings is 1. The molecule has 1 amide bonds. The number of carbonyl (C=O) groups is 1. The molecule has 0 bridgehead atoms. The van der Waals surface area contributed by atoms with E-state index in [-0.39, 0.29) is 28.6 Å². The molecule has 0 saturated carbocycles.